The second-order valence-corrected chi connectivity index (χ2v) is 2.85. The van der Waals surface area contributed by atoms with Crippen molar-refractivity contribution in [2.45, 2.75) is 6.04 Å². The third-order valence-electron chi connectivity index (χ3n) is 1.83. The molecule has 0 aliphatic carbocycles. The summed E-state index contributed by atoms with van der Waals surface area (Å²) >= 11 is 0. The van der Waals surface area contributed by atoms with Crippen molar-refractivity contribution in [2.24, 2.45) is 0 Å². The van der Waals surface area contributed by atoms with Crippen LogP contribution in [0.25, 0.3) is 0 Å². The Morgan fingerprint density at radius 2 is 2.38 bits per heavy atom. The van der Waals surface area contributed by atoms with Crippen molar-refractivity contribution in [1.82, 2.24) is 9.97 Å². The predicted molar refractivity (Wildman–Crippen MR) is 48.1 cm³/mol. The maximum Gasteiger partial charge on any atom is 0.130 e. The van der Waals surface area contributed by atoms with Crippen molar-refractivity contribution < 1.29 is 4.74 Å². The van der Waals surface area contributed by atoms with Crippen LogP contribution in [0.4, 0.5) is 5.82 Å². The van der Waals surface area contributed by atoms with Gasteiger partial charge in [-0.05, 0) is 0 Å². The number of rotatable bonds is 3. The van der Waals surface area contributed by atoms with Crippen LogP contribution in [0.5, 0.6) is 0 Å². The number of hydrogen-bond acceptors (Lipinski definition) is 5. The zero-order valence-corrected chi connectivity index (χ0v) is 7.03. The summed E-state index contributed by atoms with van der Waals surface area (Å²) in [6.07, 6.45) is 2.65. The third kappa shape index (κ3) is 1.81. The van der Waals surface area contributed by atoms with Crippen LogP contribution in [-0.4, -0.2) is 35.4 Å². The summed E-state index contributed by atoms with van der Waals surface area (Å²) in [6, 6.07) is 2.10. The number of ether oxygens (including phenoxy) is 1. The first-order valence-corrected chi connectivity index (χ1v) is 4.05. The van der Waals surface area contributed by atoms with Crippen LogP contribution in [-0.2, 0) is 4.74 Å². The predicted octanol–water partition coefficient (Wildman–Crippen LogP) is 0.285. The first-order valence-electron chi connectivity index (χ1n) is 4.05. The van der Waals surface area contributed by atoms with Gasteiger partial charge >= 0.3 is 0 Å². The Bertz CT molecular complexity index is 311. The van der Waals surface area contributed by atoms with Gasteiger partial charge in [-0.1, -0.05) is 0 Å². The van der Waals surface area contributed by atoms with Crippen molar-refractivity contribution in [3.05, 3.63) is 18.1 Å². The summed E-state index contributed by atoms with van der Waals surface area (Å²) in [5.74, 6) is 0.752. The molecule has 1 fully saturated rings. The molecular formula is C8H10N4O. The molecule has 68 valence electrons. The van der Waals surface area contributed by atoms with Gasteiger partial charge in [-0.15, -0.1) is 0 Å². The Morgan fingerprint density at radius 3 is 3.00 bits per heavy atom. The molecule has 2 heterocycles. The van der Waals surface area contributed by atoms with E-state index < -0.39 is 0 Å². The van der Waals surface area contributed by atoms with Gasteiger partial charge < -0.3 is 15.5 Å². The topological polar surface area (TPSA) is 70.9 Å². The smallest absolute Gasteiger partial charge is 0.130 e. The second-order valence-electron chi connectivity index (χ2n) is 2.85. The largest absolute Gasteiger partial charge is 0.377 e. The normalized spacial score (nSPS) is 16.3. The number of hydrogen-bond donors (Lipinski definition) is 2. The molecule has 1 saturated heterocycles. The van der Waals surface area contributed by atoms with E-state index >= 15 is 0 Å². The Kier molecular flexibility index (Phi) is 2.18. The summed E-state index contributed by atoms with van der Waals surface area (Å²) < 4.78 is 5.01. The molecule has 0 saturated carbocycles. The molecule has 0 spiro atoms. The fourth-order valence-corrected chi connectivity index (χ4v) is 1.06. The molecule has 1 aliphatic heterocycles. The minimum absolute atomic E-state index is 0.355. The minimum Gasteiger partial charge on any atom is -0.377 e. The molecule has 1 aliphatic rings. The molecule has 2 N–H and O–H groups in total. The SMILES string of the molecule is N=Cc1cc(NC2COC2)ncn1. The average molecular weight is 178 g/mol. The summed E-state index contributed by atoms with van der Waals surface area (Å²) in [5.41, 5.74) is 0.609. The highest BCUT2D eigenvalue weighted by Gasteiger charge is 2.17. The van der Waals surface area contributed by atoms with E-state index in [2.05, 4.69) is 15.3 Å². The van der Waals surface area contributed by atoms with E-state index in [-0.39, 0.29) is 0 Å². The minimum atomic E-state index is 0.355. The Balaban J connectivity index is 2.05. The zero-order valence-electron chi connectivity index (χ0n) is 7.03. The quantitative estimate of drug-likeness (QED) is 0.652. The molecule has 0 unspecified atom stereocenters. The summed E-state index contributed by atoms with van der Waals surface area (Å²) in [5, 5.41) is 10.2. The Labute approximate surface area is 75.7 Å². The van der Waals surface area contributed by atoms with Crippen molar-refractivity contribution in [3.63, 3.8) is 0 Å². The highest BCUT2D eigenvalue weighted by atomic mass is 16.5. The molecule has 5 nitrogen and oxygen atoms in total. The number of nitrogens with zero attached hydrogens (tertiary/aromatic N) is 2. The van der Waals surface area contributed by atoms with Crippen molar-refractivity contribution in [2.75, 3.05) is 18.5 Å². The molecule has 0 amide bonds. The monoisotopic (exact) mass is 178 g/mol. The fourth-order valence-electron chi connectivity index (χ4n) is 1.06. The lowest BCUT2D eigenvalue weighted by atomic mass is 10.2. The Morgan fingerprint density at radius 1 is 1.54 bits per heavy atom. The van der Waals surface area contributed by atoms with Gasteiger partial charge in [-0.25, -0.2) is 9.97 Å². The Hall–Kier alpha value is -1.49. The van der Waals surface area contributed by atoms with Crippen molar-refractivity contribution in [1.29, 1.82) is 5.41 Å². The third-order valence-corrected chi connectivity index (χ3v) is 1.83. The van der Waals surface area contributed by atoms with E-state index in [0.717, 1.165) is 19.0 Å². The first kappa shape index (κ1) is 8.12. The van der Waals surface area contributed by atoms with Crippen LogP contribution in [0.2, 0.25) is 0 Å². The van der Waals surface area contributed by atoms with Crippen LogP contribution in [0.3, 0.4) is 0 Å². The van der Waals surface area contributed by atoms with Gasteiger partial charge in [-0.2, -0.15) is 0 Å². The lowest BCUT2D eigenvalue weighted by molar-refractivity contribution is 0.0209. The van der Waals surface area contributed by atoms with Crippen LogP contribution < -0.4 is 5.32 Å². The van der Waals surface area contributed by atoms with Crippen LogP contribution in [0.15, 0.2) is 12.4 Å². The van der Waals surface area contributed by atoms with E-state index in [4.69, 9.17) is 10.1 Å². The summed E-state index contributed by atoms with van der Waals surface area (Å²) in [6.45, 7) is 1.45. The fraction of sp³-hybridized carbons (Fsp3) is 0.375. The second kappa shape index (κ2) is 3.49. The molecule has 13 heavy (non-hydrogen) atoms. The van der Waals surface area contributed by atoms with E-state index in [1.807, 2.05) is 0 Å². The molecule has 5 heteroatoms. The van der Waals surface area contributed by atoms with Gasteiger partial charge in [-0.3, -0.25) is 0 Å². The molecule has 1 aromatic heterocycles. The van der Waals surface area contributed by atoms with Gasteiger partial charge in [0, 0.05) is 12.3 Å². The zero-order chi connectivity index (χ0) is 9.10. The van der Waals surface area contributed by atoms with Crippen LogP contribution in [0.1, 0.15) is 5.69 Å². The van der Waals surface area contributed by atoms with Gasteiger partial charge in [0.1, 0.15) is 12.1 Å². The maximum absolute atomic E-state index is 7.01. The molecule has 0 aromatic carbocycles. The standard InChI is InChI=1S/C8H10N4O/c9-2-6-1-8(11-5-10-6)12-7-3-13-4-7/h1-2,5,7,9H,3-4H2,(H,10,11,12). The number of anilines is 1. The lowest BCUT2D eigenvalue weighted by Gasteiger charge is -2.27. The molecule has 0 radical (unpaired) electrons. The summed E-state index contributed by atoms with van der Waals surface area (Å²) in [4.78, 5) is 7.91. The van der Waals surface area contributed by atoms with Gasteiger partial charge in [0.05, 0.1) is 24.9 Å². The van der Waals surface area contributed by atoms with Crippen LogP contribution >= 0.6 is 0 Å². The lowest BCUT2D eigenvalue weighted by Crippen LogP contribution is -2.40. The molecule has 0 bridgehead atoms. The van der Waals surface area contributed by atoms with E-state index in [1.54, 1.807) is 6.07 Å². The first-order chi connectivity index (χ1) is 6.38. The highest BCUT2D eigenvalue weighted by molar-refractivity contribution is 5.75. The highest BCUT2D eigenvalue weighted by Crippen LogP contribution is 2.09. The van der Waals surface area contributed by atoms with E-state index in [0.29, 0.717) is 11.7 Å². The molecule has 1 aromatic rings. The van der Waals surface area contributed by atoms with Gasteiger partial charge in [0.25, 0.3) is 0 Å². The van der Waals surface area contributed by atoms with E-state index in [1.165, 1.54) is 12.5 Å². The number of aromatic nitrogens is 2. The number of nitrogens with one attached hydrogen (secondary N) is 2. The van der Waals surface area contributed by atoms with Gasteiger partial charge in [0.2, 0.25) is 0 Å². The maximum atomic E-state index is 7.01. The molecule has 2 rings (SSSR count). The molecule has 0 atom stereocenters. The van der Waals surface area contributed by atoms with Crippen molar-refractivity contribution in [3.8, 4) is 0 Å². The van der Waals surface area contributed by atoms with E-state index in [9.17, 15) is 0 Å². The summed E-state index contributed by atoms with van der Waals surface area (Å²) in [7, 11) is 0. The van der Waals surface area contributed by atoms with Crippen molar-refractivity contribution >= 4 is 12.0 Å². The molecular weight excluding hydrogens is 168 g/mol. The average Bonchev–Trinajstić information content (AvgIpc) is 2.12. The van der Waals surface area contributed by atoms with Crippen LogP contribution in [0, 0.1) is 5.41 Å². The van der Waals surface area contributed by atoms with Gasteiger partial charge in [0.15, 0.2) is 0 Å².